The van der Waals surface area contributed by atoms with Gasteiger partial charge in [0.15, 0.2) is 0 Å². The van der Waals surface area contributed by atoms with Crippen LogP contribution >= 0.6 is 0 Å². The highest BCUT2D eigenvalue weighted by molar-refractivity contribution is 5.26. The molecule has 3 atom stereocenters. The van der Waals surface area contributed by atoms with E-state index in [2.05, 4.69) is 24.3 Å². The third-order valence-corrected chi connectivity index (χ3v) is 3.37. The maximum atomic E-state index is 5.76. The summed E-state index contributed by atoms with van der Waals surface area (Å²) in [5, 5.41) is 0. The predicted octanol–water partition coefficient (Wildman–Crippen LogP) is 1.32. The number of pyridine rings is 1. The van der Waals surface area contributed by atoms with E-state index in [1.54, 1.807) is 6.20 Å². The quantitative estimate of drug-likeness (QED) is 0.597. The maximum Gasteiger partial charge on any atom is 0.0809 e. The molecule has 88 valence electrons. The molecule has 0 radical (unpaired) electrons. The number of hydrogen-bond donors (Lipinski definition) is 2. The molecule has 0 amide bonds. The van der Waals surface area contributed by atoms with Crippen LogP contribution in [0.3, 0.4) is 0 Å². The summed E-state index contributed by atoms with van der Waals surface area (Å²) in [4.78, 5) is 4.16. The fourth-order valence-corrected chi connectivity index (χ4v) is 2.31. The van der Waals surface area contributed by atoms with E-state index in [9.17, 15) is 0 Å². The van der Waals surface area contributed by atoms with Crippen LogP contribution in [0, 0.1) is 12.8 Å². The van der Waals surface area contributed by atoms with Crippen molar-refractivity contribution in [1.82, 2.24) is 10.4 Å². The molecule has 0 saturated carbocycles. The molecule has 1 fully saturated rings. The Hall–Kier alpha value is -0.970. The minimum atomic E-state index is 0.0335. The molecule has 4 nitrogen and oxygen atoms in total. The first-order valence-corrected chi connectivity index (χ1v) is 5.72. The fourth-order valence-electron chi connectivity index (χ4n) is 2.31. The molecular formula is C12H19N3O. The Morgan fingerprint density at radius 1 is 1.62 bits per heavy atom. The Kier molecular flexibility index (Phi) is 3.53. The first-order chi connectivity index (χ1) is 7.74. The summed E-state index contributed by atoms with van der Waals surface area (Å²) in [6.45, 7) is 5.10. The van der Waals surface area contributed by atoms with Gasteiger partial charge in [-0.1, -0.05) is 6.92 Å². The number of ether oxygens (including phenoxy) is 1. The largest absolute Gasteiger partial charge is 0.376 e. The lowest BCUT2D eigenvalue weighted by Crippen LogP contribution is -2.39. The number of aryl methyl sites for hydroxylation is 1. The Morgan fingerprint density at radius 2 is 2.44 bits per heavy atom. The van der Waals surface area contributed by atoms with E-state index in [4.69, 9.17) is 10.6 Å². The molecule has 0 bridgehead atoms. The van der Waals surface area contributed by atoms with Gasteiger partial charge in [0.1, 0.15) is 0 Å². The molecule has 4 heteroatoms. The molecular weight excluding hydrogens is 202 g/mol. The Morgan fingerprint density at radius 3 is 3.00 bits per heavy atom. The summed E-state index contributed by atoms with van der Waals surface area (Å²) >= 11 is 0. The van der Waals surface area contributed by atoms with Crippen molar-refractivity contribution in [2.24, 2.45) is 11.8 Å². The second kappa shape index (κ2) is 4.91. The normalized spacial score (nSPS) is 26.9. The van der Waals surface area contributed by atoms with Crippen molar-refractivity contribution in [3.63, 3.8) is 0 Å². The monoisotopic (exact) mass is 221 g/mol. The van der Waals surface area contributed by atoms with Crippen LogP contribution in [-0.2, 0) is 4.74 Å². The van der Waals surface area contributed by atoms with E-state index >= 15 is 0 Å². The van der Waals surface area contributed by atoms with Gasteiger partial charge in [-0.2, -0.15) is 0 Å². The van der Waals surface area contributed by atoms with Gasteiger partial charge in [-0.05, 0) is 36.5 Å². The lowest BCUT2D eigenvalue weighted by atomic mass is 9.92. The van der Waals surface area contributed by atoms with Gasteiger partial charge in [0.05, 0.1) is 12.1 Å². The molecule has 1 aromatic rings. The summed E-state index contributed by atoms with van der Waals surface area (Å²) in [5.74, 6) is 6.19. The average Bonchev–Trinajstić information content (AvgIpc) is 2.69. The number of hydrazine groups is 1. The van der Waals surface area contributed by atoms with E-state index in [0.717, 1.165) is 18.6 Å². The van der Waals surface area contributed by atoms with Crippen molar-refractivity contribution in [2.75, 3.05) is 6.61 Å². The van der Waals surface area contributed by atoms with Crippen molar-refractivity contribution in [2.45, 2.75) is 32.4 Å². The molecule has 0 aromatic carbocycles. The summed E-state index contributed by atoms with van der Waals surface area (Å²) < 4.78 is 5.76. The topological polar surface area (TPSA) is 60.2 Å². The van der Waals surface area contributed by atoms with Gasteiger partial charge in [0.25, 0.3) is 0 Å². The molecule has 0 aliphatic carbocycles. The lowest BCUT2D eigenvalue weighted by molar-refractivity contribution is 0.0604. The van der Waals surface area contributed by atoms with Crippen LogP contribution in [0.25, 0.3) is 0 Å². The zero-order valence-electron chi connectivity index (χ0n) is 9.81. The Balaban J connectivity index is 2.25. The second-order valence-electron chi connectivity index (χ2n) is 4.48. The number of nitrogens with two attached hydrogens (primary N) is 1. The highest BCUT2D eigenvalue weighted by atomic mass is 16.5. The van der Waals surface area contributed by atoms with E-state index in [0.29, 0.717) is 5.92 Å². The second-order valence-corrected chi connectivity index (χ2v) is 4.48. The molecule has 1 saturated heterocycles. The van der Waals surface area contributed by atoms with Gasteiger partial charge in [-0.3, -0.25) is 16.3 Å². The average molecular weight is 221 g/mol. The zero-order chi connectivity index (χ0) is 11.5. The van der Waals surface area contributed by atoms with Gasteiger partial charge in [-0.25, -0.2) is 0 Å². The molecule has 16 heavy (non-hydrogen) atoms. The van der Waals surface area contributed by atoms with Crippen LogP contribution in [0.4, 0.5) is 0 Å². The molecule has 0 spiro atoms. The predicted molar refractivity (Wildman–Crippen MR) is 62.6 cm³/mol. The highest BCUT2D eigenvalue weighted by Gasteiger charge is 2.33. The third kappa shape index (κ3) is 2.09. The lowest BCUT2D eigenvalue weighted by Gasteiger charge is -2.26. The number of nitrogens with one attached hydrogen (secondary N) is 1. The standard InChI is InChI=1S/C12H19N3O/c1-8-3-5-14-7-10(8)11(15-13)12-9(2)4-6-16-12/h3,5,7,9,11-12,15H,4,6,13H2,1-2H3. The van der Waals surface area contributed by atoms with Crippen molar-refractivity contribution < 1.29 is 4.74 Å². The molecule has 1 aliphatic heterocycles. The van der Waals surface area contributed by atoms with Gasteiger partial charge in [0.2, 0.25) is 0 Å². The third-order valence-electron chi connectivity index (χ3n) is 3.37. The number of aromatic nitrogens is 1. The summed E-state index contributed by atoms with van der Waals surface area (Å²) in [6.07, 6.45) is 4.91. The summed E-state index contributed by atoms with van der Waals surface area (Å²) in [7, 11) is 0. The summed E-state index contributed by atoms with van der Waals surface area (Å²) in [6, 6.07) is 2.03. The van der Waals surface area contributed by atoms with Crippen molar-refractivity contribution in [1.29, 1.82) is 0 Å². The number of hydrogen-bond acceptors (Lipinski definition) is 4. The Labute approximate surface area is 96.2 Å². The maximum absolute atomic E-state index is 5.76. The minimum Gasteiger partial charge on any atom is -0.376 e. The van der Waals surface area contributed by atoms with Gasteiger partial charge < -0.3 is 4.74 Å². The summed E-state index contributed by atoms with van der Waals surface area (Å²) in [5.41, 5.74) is 5.19. The van der Waals surface area contributed by atoms with E-state index in [1.165, 1.54) is 5.56 Å². The van der Waals surface area contributed by atoms with E-state index in [1.807, 2.05) is 12.3 Å². The smallest absolute Gasteiger partial charge is 0.0809 e. The molecule has 2 heterocycles. The first-order valence-electron chi connectivity index (χ1n) is 5.72. The van der Waals surface area contributed by atoms with Crippen molar-refractivity contribution in [3.05, 3.63) is 29.6 Å². The van der Waals surface area contributed by atoms with Crippen molar-refractivity contribution >= 4 is 0 Å². The highest BCUT2D eigenvalue weighted by Crippen LogP contribution is 2.31. The van der Waals surface area contributed by atoms with Gasteiger partial charge >= 0.3 is 0 Å². The zero-order valence-corrected chi connectivity index (χ0v) is 9.81. The van der Waals surface area contributed by atoms with Crippen LogP contribution in [0.15, 0.2) is 18.5 Å². The van der Waals surface area contributed by atoms with Crippen LogP contribution in [0.1, 0.15) is 30.5 Å². The van der Waals surface area contributed by atoms with Crippen molar-refractivity contribution in [3.8, 4) is 0 Å². The fraction of sp³-hybridized carbons (Fsp3) is 0.583. The van der Waals surface area contributed by atoms with Crippen LogP contribution in [0.2, 0.25) is 0 Å². The molecule has 3 unspecified atom stereocenters. The minimum absolute atomic E-state index is 0.0335. The van der Waals surface area contributed by atoms with E-state index < -0.39 is 0 Å². The molecule has 1 aliphatic rings. The number of rotatable bonds is 3. The van der Waals surface area contributed by atoms with Crippen LogP contribution in [-0.4, -0.2) is 17.7 Å². The molecule has 1 aromatic heterocycles. The molecule has 3 N–H and O–H groups in total. The molecule has 2 rings (SSSR count). The van der Waals surface area contributed by atoms with Crippen LogP contribution < -0.4 is 11.3 Å². The Bertz CT molecular complexity index is 356. The van der Waals surface area contributed by atoms with E-state index in [-0.39, 0.29) is 12.1 Å². The SMILES string of the molecule is Cc1ccncc1C(NN)C1OCCC1C. The van der Waals surface area contributed by atoms with Gasteiger partial charge in [-0.15, -0.1) is 0 Å². The first kappa shape index (κ1) is 11.5. The number of nitrogens with zero attached hydrogens (tertiary/aromatic N) is 1. The van der Waals surface area contributed by atoms with Crippen LogP contribution in [0.5, 0.6) is 0 Å². The van der Waals surface area contributed by atoms with Gasteiger partial charge in [0, 0.05) is 19.0 Å².